The van der Waals surface area contributed by atoms with Gasteiger partial charge in [0.05, 0.1) is 10.1 Å². The van der Waals surface area contributed by atoms with Crippen molar-refractivity contribution in [2.45, 2.75) is 30.7 Å². The van der Waals surface area contributed by atoms with E-state index in [-0.39, 0.29) is 28.0 Å². The van der Waals surface area contributed by atoms with Crippen molar-refractivity contribution in [3.63, 3.8) is 0 Å². The molecule has 0 radical (unpaired) electrons. The Morgan fingerprint density at radius 1 is 1.29 bits per heavy atom. The molecule has 1 aliphatic heterocycles. The Bertz CT molecular complexity index is 657. The number of ether oxygens (including phenoxy) is 1. The van der Waals surface area contributed by atoms with Crippen LogP contribution in [0.4, 0.5) is 0 Å². The fourth-order valence-electron chi connectivity index (χ4n) is 2.79. The van der Waals surface area contributed by atoms with Gasteiger partial charge in [-0.1, -0.05) is 23.2 Å². The van der Waals surface area contributed by atoms with Crippen LogP contribution in [0.1, 0.15) is 12.0 Å². The van der Waals surface area contributed by atoms with Gasteiger partial charge in [-0.05, 0) is 24.1 Å². The molecule has 2 aliphatic rings. The highest BCUT2D eigenvalue weighted by Crippen LogP contribution is 2.45. The van der Waals surface area contributed by atoms with Crippen LogP contribution in [-0.2, 0) is 11.2 Å². The fraction of sp³-hybridized carbons (Fsp3) is 0.357. The molecule has 1 aliphatic carbocycles. The quantitative estimate of drug-likeness (QED) is 0.671. The van der Waals surface area contributed by atoms with E-state index in [1.54, 1.807) is 0 Å². The number of Topliss-reactive ketones (excluding diaryl/α,β-unsaturated/α-hetero) is 1. The summed E-state index contributed by atoms with van der Waals surface area (Å²) in [6.45, 7) is 0. The number of hydrogen-bond donors (Lipinski definition) is 3. The van der Waals surface area contributed by atoms with Crippen molar-refractivity contribution in [2.24, 2.45) is 0 Å². The molecule has 3 N–H and O–H groups in total. The number of phenols is 1. The van der Waals surface area contributed by atoms with Crippen LogP contribution in [0.2, 0.25) is 5.02 Å². The van der Waals surface area contributed by atoms with Crippen LogP contribution in [-0.4, -0.2) is 38.9 Å². The van der Waals surface area contributed by atoms with E-state index in [2.05, 4.69) is 0 Å². The maximum absolute atomic E-state index is 12.4. The Kier molecular flexibility index (Phi) is 3.41. The van der Waals surface area contributed by atoms with Crippen molar-refractivity contribution in [1.82, 2.24) is 0 Å². The van der Waals surface area contributed by atoms with Crippen molar-refractivity contribution in [3.8, 4) is 11.5 Å². The minimum atomic E-state index is -1.65. The average Bonchev–Trinajstić information content (AvgIpc) is 2.44. The van der Waals surface area contributed by atoms with E-state index in [0.29, 0.717) is 12.0 Å². The third-order valence-electron chi connectivity index (χ3n) is 3.87. The average molecular weight is 331 g/mol. The number of phenolic OH excluding ortho intramolecular Hbond substituents is 1. The number of benzene rings is 1. The Balaban J connectivity index is 2.09. The second kappa shape index (κ2) is 4.88. The first kappa shape index (κ1) is 14.7. The minimum Gasteiger partial charge on any atom is -0.508 e. The predicted octanol–water partition coefficient (Wildman–Crippen LogP) is 1.54. The number of carbonyl (C=O) groups is 1. The predicted molar refractivity (Wildman–Crippen MR) is 75.8 cm³/mol. The molecule has 21 heavy (non-hydrogen) atoms. The maximum Gasteiger partial charge on any atom is 0.220 e. The van der Waals surface area contributed by atoms with Crippen molar-refractivity contribution >= 4 is 29.0 Å². The summed E-state index contributed by atoms with van der Waals surface area (Å²) < 4.78 is 5.68. The van der Waals surface area contributed by atoms with Crippen LogP contribution in [0.25, 0.3) is 0 Å². The van der Waals surface area contributed by atoms with Crippen LogP contribution in [0, 0.1) is 0 Å². The second-order valence-electron chi connectivity index (χ2n) is 5.19. The van der Waals surface area contributed by atoms with Gasteiger partial charge in [-0.25, -0.2) is 0 Å². The molecule has 0 aromatic heterocycles. The van der Waals surface area contributed by atoms with Crippen LogP contribution in [0.3, 0.4) is 0 Å². The minimum absolute atomic E-state index is 0.00761. The topological polar surface area (TPSA) is 87.0 Å². The van der Waals surface area contributed by atoms with E-state index in [1.807, 2.05) is 0 Å². The molecule has 3 rings (SSSR count). The summed E-state index contributed by atoms with van der Waals surface area (Å²) in [6.07, 6.45) is -1.17. The third kappa shape index (κ3) is 2.12. The van der Waals surface area contributed by atoms with Gasteiger partial charge in [0.15, 0.2) is 0 Å². The molecule has 0 bridgehead atoms. The molecule has 0 unspecified atom stereocenters. The number of aliphatic hydroxyl groups excluding tert-OH is 2. The summed E-state index contributed by atoms with van der Waals surface area (Å²) in [5.74, 6) is -0.379. The number of aromatic hydroxyl groups is 1. The molecular formula is C14H12Cl2O5. The molecule has 0 saturated heterocycles. The summed E-state index contributed by atoms with van der Waals surface area (Å²) >= 11 is 11.9. The van der Waals surface area contributed by atoms with Crippen LogP contribution in [0.15, 0.2) is 23.2 Å². The first-order valence-corrected chi connectivity index (χ1v) is 7.09. The SMILES string of the molecule is O=C1C(Cl)=C[C@H](O)[C@H](O)[C@@]12CCc1cc(O)cc(Cl)c1O2. The number of hydrogen-bond acceptors (Lipinski definition) is 5. The largest absolute Gasteiger partial charge is 0.508 e. The van der Waals surface area contributed by atoms with E-state index in [4.69, 9.17) is 27.9 Å². The summed E-state index contributed by atoms with van der Waals surface area (Å²) in [4.78, 5) is 12.4. The van der Waals surface area contributed by atoms with Gasteiger partial charge >= 0.3 is 0 Å². The molecule has 112 valence electrons. The molecule has 7 heteroatoms. The summed E-state index contributed by atoms with van der Waals surface area (Å²) in [6, 6.07) is 2.77. The van der Waals surface area contributed by atoms with Gasteiger partial charge in [-0.2, -0.15) is 0 Å². The standard InChI is InChI=1S/C14H12Cl2O5/c15-8-4-7(17)3-6-1-2-14(21-11(6)8)12(19)9(16)5-10(18)13(14)20/h3-5,10,13,17-18,20H,1-2H2/t10-,13-,14+/m0/s1. The zero-order valence-corrected chi connectivity index (χ0v) is 12.2. The molecule has 1 aromatic rings. The summed E-state index contributed by atoms with van der Waals surface area (Å²) in [5, 5.41) is 29.5. The number of carbonyl (C=O) groups excluding carboxylic acids is 1. The number of aryl methyl sites for hydroxylation is 1. The molecule has 0 saturated carbocycles. The molecule has 5 nitrogen and oxygen atoms in total. The lowest BCUT2D eigenvalue weighted by Gasteiger charge is -2.43. The van der Waals surface area contributed by atoms with E-state index in [1.165, 1.54) is 12.1 Å². The second-order valence-corrected chi connectivity index (χ2v) is 6.00. The van der Waals surface area contributed by atoms with Gasteiger partial charge in [-0.15, -0.1) is 0 Å². The maximum atomic E-state index is 12.4. The lowest BCUT2D eigenvalue weighted by atomic mass is 9.77. The smallest absolute Gasteiger partial charge is 0.220 e. The molecule has 1 spiro atoms. The molecule has 3 atom stereocenters. The first-order valence-electron chi connectivity index (χ1n) is 6.34. The fourth-order valence-corrected chi connectivity index (χ4v) is 3.35. The number of halogens is 2. The van der Waals surface area contributed by atoms with Gasteiger partial charge in [0.1, 0.15) is 23.7 Å². The molecule has 1 heterocycles. The third-order valence-corrected chi connectivity index (χ3v) is 4.45. The number of fused-ring (bicyclic) bond motifs is 1. The van der Waals surface area contributed by atoms with Crippen molar-refractivity contribution in [2.75, 3.05) is 0 Å². The van der Waals surface area contributed by atoms with Crippen molar-refractivity contribution < 1.29 is 24.9 Å². The highest BCUT2D eigenvalue weighted by Gasteiger charge is 2.55. The normalized spacial score (nSPS) is 31.6. The van der Waals surface area contributed by atoms with E-state index < -0.39 is 23.6 Å². The highest BCUT2D eigenvalue weighted by molar-refractivity contribution is 6.44. The van der Waals surface area contributed by atoms with Crippen LogP contribution >= 0.6 is 23.2 Å². The van der Waals surface area contributed by atoms with Gasteiger partial charge in [0, 0.05) is 12.5 Å². The van der Waals surface area contributed by atoms with Crippen LogP contribution < -0.4 is 4.74 Å². The zero-order chi connectivity index (χ0) is 15.4. The Morgan fingerprint density at radius 3 is 2.71 bits per heavy atom. The summed E-state index contributed by atoms with van der Waals surface area (Å²) in [5.41, 5.74) is -1.02. The van der Waals surface area contributed by atoms with Gasteiger partial charge in [0.25, 0.3) is 0 Å². The van der Waals surface area contributed by atoms with E-state index in [0.717, 1.165) is 6.08 Å². The van der Waals surface area contributed by atoms with Gasteiger partial charge in [-0.3, -0.25) is 4.79 Å². The number of aliphatic hydroxyl groups is 2. The van der Waals surface area contributed by atoms with Crippen molar-refractivity contribution in [1.29, 1.82) is 0 Å². The molecule has 0 fully saturated rings. The Hall–Kier alpha value is -1.27. The van der Waals surface area contributed by atoms with Gasteiger partial charge < -0.3 is 20.1 Å². The zero-order valence-electron chi connectivity index (χ0n) is 10.7. The monoisotopic (exact) mass is 330 g/mol. The first-order chi connectivity index (χ1) is 9.85. The lowest BCUT2D eigenvalue weighted by Crippen LogP contribution is -2.62. The highest BCUT2D eigenvalue weighted by atomic mass is 35.5. The summed E-state index contributed by atoms with van der Waals surface area (Å²) in [7, 11) is 0. The lowest BCUT2D eigenvalue weighted by molar-refractivity contribution is -0.154. The Labute approximate surface area is 130 Å². The van der Waals surface area contributed by atoms with Crippen LogP contribution in [0.5, 0.6) is 11.5 Å². The molecule has 0 amide bonds. The molecule has 1 aromatic carbocycles. The molecular weight excluding hydrogens is 319 g/mol. The number of rotatable bonds is 0. The van der Waals surface area contributed by atoms with E-state index in [9.17, 15) is 20.1 Å². The Morgan fingerprint density at radius 2 is 2.00 bits per heavy atom. The van der Waals surface area contributed by atoms with Gasteiger partial charge in [0.2, 0.25) is 11.4 Å². The van der Waals surface area contributed by atoms with E-state index >= 15 is 0 Å². The number of ketones is 1. The van der Waals surface area contributed by atoms with Crippen molar-refractivity contribution in [3.05, 3.63) is 33.8 Å².